The van der Waals surface area contributed by atoms with Crippen molar-refractivity contribution in [2.75, 3.05) is 45.7 Å². The van der Waals surface area contributed by atoms with E-state index in [1.54, 1.807) is 11.8 Å². The Labute approximate surface area is 116 Å². The maximum atomic E-state index is 12.3. The molecule has 0 bridgehead atoms. The molecule has 5 heteroatoms. The SMILES string of the molecule is CSCC[C@@H](N)C(=O)N(CCN(C)C)CC(C)C. The van der Waals surface area contributed by atoms with Crippen molar-refractivity contribution in [1.29, 1.82) is 0 Å². The summed E-state index contributed by atoms with van der Waals surface area (Å²) in [6.45, 7) is 6.69. The second-order valence-corrected chi connectivity index (χ2v) is 6.35. The Bertz CT molecular complexity index is 234. The number of rotatable bonds is 9. The predicted octanol–water partition coefficient (Wildman–Crippen LogP) is 1.11. The molecule has 4 nitrogen and oxygen atoms in total. The van der Waals surface area contributed by atoms with Crippen molar-refractivity contribution in [3.63, 3.8) is 0 Å². The molecule has 0 fully saturated rings. The molecule has 0 radical (unpaired) electrons. The molecule has 0 aliphatic carbocycles. The van der Waals surface area contributed by atoms with E-state index in [1.165, 1.54) is 0 Å². The lowest BCUT2D eigenvalue weighted by atomic mass is 10.1. The van der Waals surface area contributed by atoms with Crippen LogP contribution in [-0.4, -0.2) is 67.5 Å². The zero-order valence-corrected chi connectivity index (χ0v) is 13.3. The Morgan fingerprint density at radius 1 is 1.28 bits per heavy atom. The molecule has 1 amide bonds. The van der Waals surface area contributed by atoms with E-state index < -0.39 is 0 Å². The molecular weight excluding hydrogens is 246 g/mol. The number of nitrogens with two attached hydrogens (primary N) is 1. The van der Waals surface area contributed by atoms with E-state index in [4.69, 9.17) is 5.73 Å². The van der Waals surface area contributed by atoms with Crippen molar-refractivity contribution < 1.29 is 4.79 Å². The molecule has 0 aromatic rings. The highest BCUT2D eigenvalue weighted by Crippen LogP contribution is 2.05. The maximum absolute atomic E-state index is 12.3. The van der Waals surface area contributed by atoms with Crippen LogP contribution in [0.25, 0.3) is 0 Å². The zero-order chi connectivity index (χ0) is 14.1. The van der Waals surface area contributed by atoms with Gasteiger partial charge in [-0.15, -0.1) is 0 Å². The minimum atomic E-state index is -0.349. The molecule has 1 atom stereocenters. The summed E-state index contributed by atoms with van der Waals surface area (Å²) in [6, 6.07) is -0.349. The Balaban J connectivity index is 4.37. The van der Waals surface area contributed by atoms with Crippen LogP contribution in [0.5, 0.6) is 0 Å². The summed E-state index contributed by atoms with van der Waals surface area (Å²) in [6.07, 6.45) is 2.80. The van der Waals surface area contributed by atoms with Gasteiger partial charge < -0.3 is 15.5 Å². The quantitative estimate of drug-likeness (QED) is 0.685. The third-order valence-corrected chi connectivity index (χ3v) is 3.31. The first kappa shape index (κ1) is 17.7. The van der Waals surface area contributed by atoms with Crippen molar-refractivity contribution in [3.05, 3.63) is 0 Å². The monoisotopic (exact) mass is 275 g/mol. The van der Waals surface area contributed by atoms with Gasteiger partial charge in [-0.05, 0) is 38.4 Å². The smallest absolute Gasteiger partial charge is 0.239 e. The van der Waals surface area contributed by atoms with E-state index in [0.717, 1.165) is 31.8 Å². The summed E-state index contributed by atoms with van der Waals surface area (Å²) in [4.78, 5) is 16.3. The number of amides is 1. The lowest BCUT2D eigenvalue weighted by molar-refractivity contribution is -0.133. The van der Waals surface area contributed by atoms with Gasteiger partial charge in [-0.3, -0.25) is 4.79 Å². The molecule has 0 heterocycles. The summed E-state index contributed by atoms with van der Waals surface area (Å²) < 4.78 is 0. The third-order valence-electron chi connectivity index (χ3n) is 2.66. The first-order chi connectivity index (χ1) is 8.38. The minimum Gasteiger partial charge on any atom is -0.340 e. The van der Waals surface area contributed by atoms with Gasteiger partial charge in [0.1, 0.15) is 0 Å². The molecule has 0 rings (SSSR count). The standard InChI is InChI=1S/C13H29N3OS/c1-11(2)10-16(8-7-15(3)4)13(17)12(14)6-9-18-5/h11-12H,6-10,14H2,1-5H3/t12-/m1/s1. The molecule has 18 heavy (non-hydrogen) atoms. The zero-order valence-electron chi connectivity index (χ0n) is 12.5. The lowest BCUT2D eigenvalue weighted by Gasteiger charge is -2.28. The maximum Gasteiger partial charge on any atom is 0.239 e. The Morgan fingerprint density at radius 2 is 1.89 bits per heavy atom. The summed E-state index contributed by atoms with van der Waals surface area (Å²) in [5.74, 6) is 1.51. The van der Waals surface area contributed by atoms with E-state index in [9.17, 15) is 4.79 Å². The van der Waals surface area contributed by atoms with Crippen LogP contribution in [0, 0.1) is 5.92 Å². The second kappa shape index (κ2) is 9.64. The van der Waals surface area contributed by atoms with Gasteiger partial charge in [0.15, 0.2) is 0 Å². The molecule has 0 aliphatic rings. The fourth-order valence-corrected chi connectivity index (χ4v) is 2.15. The third kappa shape index (κ3) is 7.95. The van der Waals surface area contributed by atoms with Crippen molar-refractivity contribution in [2.45, 2.75) is 26.3 Å². The van der Waals surface area contributed by atoms with Crippen molar-refractivity contribution in [1.82, 2.24) is 9.80 Å². The largest absolute Gasteiger partial charge is 0.340 e. The first-order valence-electron chi connectivity index (χ1n) is 6.56. The summed E-state index contributed by atoms with van der Waals surface area (Å²) in [5, 5.41) is 0. The van der Waals surface area contributed by atoms with Crippen LogP contribution in [0.1, 0.15) is 20.3 Å². The van der Waals surface area contributed by atoms with Crippen molar-refractivity contribution >= 4 is 17.7 Å². The van der Waals surface area contributed by atoms with Gasteiger partial charge in [0.05, 0.1) is 6.04 Å². The Kier molecular flexibility index (Phi) is 9.50. The van der Waals surface area contributed by atoms with Crippen molar-refractivity contribution in [3.8, 4) is 0 Å². The second-order valence-electron chi connectivity index (χ2n) is 5.37. The van der Waals surface area contributed by atoms with E-state index in [0.29, 0.717) is 5.92 Å². The highest BCUT2D eigenvalue weighted by Gasteiger charge is 2.21. The molecule has 2 N–H and O–H groups in total. The van der Waals surface area contributed by atoms with Gasteiger partial charge >= 0.3 is 0 Å². The summed E-state index contributed by atoms with van der Waals surface area (Å²) in [7, 11) is 4.04. The number of thioether (sulfide) groups is 1. The molecule has 0 spiro atoms. The van der Waals surface area contributed by atoms with Crippen LogP contribution in [-0.2, 0) is 4.79 Å². The van der Waals surface area contributed by atoms with Crippen LogP contribution in [0.4, 0.5) is 0 Å². The molecule has 0 saturated carbocycles. The number of hydrogen-bond acceptors (Lipinski definition) is 4. The van der Waals surface area contributed by atoms with Crippen LogP contribution in [0.3, 0.4) is 0 Å². The van der Waals surface area contributed by atoms with E-state index >= 15 is 0 Å². The van der Waals surface area contributed by atoms with Gasteiger partial charge in [0, 0.05) is 19.6 Å². The molecular formula is C13H29N3OS. The van der Waals surface area contributed by atoms with Crippen LogP contribution in [0.2, 0.25) is 0 Å². The summed E-state index contributed by atoms with van der Waals surface area (Å²) >= 11 is 1.73. The van der Waals surface area contributed by atoms with Gasteiger partial charge in [-0.25, -0.2) is 0 Å². The Hall–Kier alpha value is -0.260. The molecule has 0 saturated heterocycles. The number of nitrogens with zero attached hydrogens (tertiary/aromatic N) is 2. The topological polar surface area (TPSA) is 49.6 Å². The fraction of sp³-hybridized carbons (Fsp3) is 0.923. The van der Waals surface area contributed by atoms with Crippen LogP contribution >= 0.6 is 11.8 Å². The Morgan fingerprint density at radius 3 is 2.33 bits per heavy atom. The predicted molar refractivity (Wildman–Crippen MR) is 80.9 cm³/mol. The highest BCUT2D eigenvalue weighted by molar-refractivity contribution is 7.98. The van der Waals surface area contributed by atoms with Gasteiger partial charge in [-0.2, -0.15) is 11.8 Å². The van der Waals surface area contributed by atoms with E-state index in [-0.39, 0.29) is 11.9 Å². The average molecular weight is 275 g/mol. The number of carbonyl (C=O) groups excluding carboxylic acids is 1. The number of carbonyl (C=O) groups is 1. The van der Waals surface area contributed by atoms with Gasteiger partial charge in [0.2, 0.25) is 5.91 Å². The van der Waals surface area contributed by atoms with Gasteiger partial charge in [0.25, 0.3) is 0 Å². The van der Waals surface area contributed by atoms with Crippen molar-refractivity contribution in [2.24, 2.45) is 11.7 Å². The molecule has 108 valence electrons. The van der Waals surface area contributed by atoms with Gasteiger partial charge in [-0.1, -0.05) is 13.8 Å². The summed E-state index contributed by atoms with van der Waals surface area (Å²) in [5.41, 5.74) is 5.97. The van der Waals surface area contributed by atoms with E-state index in [1.807, 2.05) is 25.3 Å². The minimum absolute atomic E-state index is 0.0969. The molecule has 0 aromatic carbocycles. The average Bonchev–Trinajstić information content (AvgIpc) is 2.29. The number of hydrogen-bond donors (Lipinski definition) is 1. The fourth-order valence-electron chi connectivity index (χ4n) is 1.66. The normalized spacial score (nSPS) is 13.1. The molecule has 0 aliphatic heterocycles. The van der Waals surface area contributed by atoms with Crippen LogP contribution < -0.4 is 5.73 Å². The number of likely N-dealkylation sites (N-methyl/N-ethyl adjacent to an activating group) is 1. The van der Waals surface area contributed by atoms with Crippen LogP contribution in [0.15, 0.2) is 0 Å². The molecule has 0 unspecified atom stereocenters. The first-order valence-corrected chi connectivity index (χ1v) is 7.95. The molecule has 0 aromatic heterocycles. The lowest BCUT2D eigenvalue weighted by Crippen LogP contribution is -2.47. The van der Waals surface area contributed by atoms with E-state index in [2.05, 4.69) is 18.7 Å². The highest BCUT2D eigenvalue weighted by atomic mass is 32.2.